The van der Waals surface area contributed by atoms with Crippen molar-refractivity contribution in [2.24, 2.45) is 0 Å². The summed E-state index contributed by atoms with van der Waals surface area (Å²) in [7, 11) is 0. The number of hydrogen-bond donors (Lipinski definition) is 1. The molecular weight excluding hydrogens is 372 g/mol. The Kier molecular flexibility index (Phi) is 6.39. The van der Waals surface area contributed by atoms with E-state index in [1.807, 2.05) is 32.1 Å². The number of aryl methyl sites for hydroxylation is 1. The molecule has 0 atom stereocenters. The smallest absolute Gasteiger partial charge is 0.145 e. The molecule has 148 valence electrons. The summed E-state index contributed by atoms with van der Waals surface area (Å²) < 4.78 is 33.5. The quantitative estimate of drug-likeness (QED) is 0.402. The normalized spacial score (nSPS) is 11.8. The summed E-state index contributed by atoms with van der Waals surface area (Å²) in [6.07, 6.45) is 5.29. The highest BCUT2D eigenvalue weighted by molar-refractivity contribution is 5.69. The highest BCUT2D eigenvalue weighted by Crippen LogP contribution is 2.28. The van der Waals surface area contributed by atoms with Gasteiger partial charge in [-0.1, -0.05) is 36.4 Å². The van der Waals surface area contributed by atoms with Gasteiger partial charge in [-0.3, -0.25) is 0 Å². The molecule has 0 bridgehead atoms. The Bertz CT molecular complexity index is 1050. The molecule has 1 heterocycles. The van der Waals surface area contributed by atoms with E-state index in [1.54, 1.807) is 36.4 Å². The number of phenolic OH excluding ortho intramolecular Hbond substituents is 1. The van der Waals surface area contributed by atoms with Crippen LogP contribution in [0.2, 0.25) is 0 Å². The summed E-state index contributed by atoms with van der Waals surface area (Å²) in [4.78, 5) is 4.59. The van der Waals surface area contributed by atoms with Crippen molar-refractivity contribution >= 4 is 5.76 Å². The number of allylic oxidation sites excluding steroid dienone is 3. The first-order valence-electron chi connectivity index (χ1n) is 9.15. The number of hydrogen-bond acceptors (Lipinski definition) is 3. The first-order chi connectivity index (χ1) is 14.0. The second kappa shape index (κ2) is 9.15. The van der Waals surface area contributed by atoms with Gasteiger partial charge < -0.3 is 9.84 Å². The molecule has 0 saturated carbocycles. The van der Waals surface area contributed by atoms with Crippen LogP contribution in [-0.2, 0) is 11.3 Å². The lowest BCUT2D eigenvalue weighted by Crippen LogP contribution is -2.02. The van der Waals surface area contributed by atoms with Crippen molar-refractivity contribution < 1.29 is 18.6 Å². The largest absolute Gasteiger partial charge is 0.508 e. The van der Waals surface area contributed by atoms with E-state index in [9.17, 15) is 13.9 Å². The van der Waals surface area contributed by atoms with Gasteiger partial charge in [0.05, 0.1) is 5.56 Å². The Balaban J connectivity index is 1.90. The number of phenols is 1. The van der Waals surface area contributed by atoms with Gasteiger partial charge >= 0.3 is 0 Å². The maximum absolute atomic E-state index is 13.9. The standard InChI is InChI=1S/C24H21F2NO2/c1-3-4-11-24(29-15-20-21(25)9-6-10-22(20)26)23-13-12-19(16(2)27-23)17-7-5-8-18(28)14-17/h3-14,28H,15H2,1-2H3/b4-3-,24-11+. The van der Waals surface area contributed by atoms with Gasteiger partial charge in [0, 0.05) is 11.3 Å². The van der Waals surface area contributed by atoms with E-state index in [0.29, 0.717) is 11.5 Å². The molecule has 0 spiro atoms. The second-order valence-corrected chi connectivity index (χ2v) is 6.43. The van der Waals surface area contributed by atoms with Crippen molar-refractivity contribution in [1.82, 2.24) is 4.98 Å². The lowest BCUT2D eigenvalue weighted by atomic mass is 10.0. The molecule has 3 rings (SSSR count). The molecule has 3 aromatic rings. The fourth-order valence-corrected chi connectivity index (χ4v) is 2.89. The number of pyridine rings is 1. The van der Waals surface area contributed by atoms with Gasteiger partial charge in [0.1, 0.15) is 35.4 Å². The Morgan fingerprint density at radius 1 is 1.07 bits per heavy atom. The molecule has 0 aliphatic rings. The van der Waals surface area contributed by atoms with Crippen molar-refractivity contribution in [3.8, 4) is 16.9 Å². The summed E-state index contributed by atoms with van der Waals surface area (Å²) in [5, 5.41) is 9.71. The molecule has 0 fully saturated rings. The third kappa shape index (κ3) is 4.88. The van der Waals surface area contributed by atoms with E-state index in [0.717, 1.165) is 16.8 Å². The zero-order valence-electron chi connectivity index (χ0n) is 16.2. The van der Waals surface area contributed by atoms with Crippen LogP contribution >= 0.6 is 0 Å². The van der Waals surface area contributed by atoms with Crippen LogP contribution < -0.4 is 0 Å². The van der Waals surface area contributed by atoms with E-state index in [2.05, 4.69) is 4.98 Å². The van der Waals surface area contributed by atoms with Gasteiger partial charge in [-0.2, -0.15) is 0 Å². The second-order valence-electron chi connectivity index (χ2n) is 6.43. The summed E-state index contributed by atoms with van der Waals surface area (Å²) >= 11 is 0. The Morgan fingerprint density at radius 3 is 2.45 bits per heavy atom. The summed E-state index contributed by atoms with van der Waals surface area (Å²) in [6, 6.07) is 14.3. The number of aromatic hydroxyl groups is 1. The van der Waals surface area contributed by atoms with Crippen molar-refractivity contribution in [2.45, 2.75) is 20.5 Å². The number of nitrogens with zero attached hydrogens (tertiary/aromatic N) is 1. The maximum atomic E-state index is 13.9. The Hall–Kier alpha value is -3.47. The Morgan fingerprint density at radius 2 is 1.79 bits per heavy atom. The number of ether oxygens (including phenoxy) is 1. The van der Waals surface area contributed by atoms with Crippen molar-refractivity contribution in [3.05, 3.63) is 101 Å². The van der Waals surface area contributed by atoms with Gasteiger partial charge in [0.15, 0.2) is 0 Å². The van der Waals surface area contributed by atoms with Crippen LogP contribution in [0.25, 0.3) is 16.9 Å². The molecule has 0 saturated heterocycles. The average Bonchev–Trinajstić information content (AvgIpc) is 2.69. The molecule has 5 heteroatoms. The number of halogens is 2. The van der Waals surface area contributed by atoms with Gasteiger partial charge in [-0.15, -0.1) is 0 Å². The molecule has 2 aromatic carbocycles. The van der Waals surface area contributed by atoms with Crippen molar-refractivity contribution in [1.29, 1.82) is 0 Å². The van der Waals surface area contributed by atoms with Crippen LogP contribution in [-0.4, -0.2) is 10.1 Å². The zero-order valence-corrected chi connectivity index (χ0v) is 16.2. The summed E-state index contributed by atoms with van der Waals surface area (Å²) in [5.41, 5.74) is 2.86. The van der Waals surface area contributed by atoms with Crippen molar-refractivity contribution in [3.63, 3.8) is 0 Å². The van der Waals surface area contributed by atoms with Crippen LogP contribution in [0, 0.1) is 18.6 Å². The first-order valence-corrected chi connectivity index (χ1v) is 9.15. The van der Waals surface area contributed by atoms with Gasteiger partial charge in [0.2, 0.25) is 0 Å². The van der Waals surface area contributed by atoms with E-state index in [-0.39, 0.29) is 17.9 Å². The molecule has 0 unspecified atom stereocenters. The fourth-order valence-electron chi connectivity index (χ4n) is 2.89. The van der Waals surface area contributed by atoms with Gasteiger partial charge in [-0.05, 0) is 55.8 Å². The third-order valence-electron chi connectivity index (χ3n) is 4.37. The minimum absolute atomic E-state index is 0.132. The van der Waals surface area contributed by atoms with Crippen LogP contribution in [0.4, 0.5) is 8.78 Å². The molecule has 1 N–H and O–H groups in total. The third-order valence-corrected chi connectivity index (χ3v) is 4.37. The molecular formula is C24H21F2NO2. The molecule has 0 radical (unpaired) electrons. The van der Waals surface area contributed by atoms with E-state index in [4.69, 9.17) is 4.74 Å². The number of benzene rings is 2. The van der Waals surface area contributed by atoms with Crippen molar-refractivity contribution in [2.75, 3.05) is 0 Å². The highest BCUT2D eigenvalue weighted by atomic mass is 19.1. The van der Waals surface area contributed by atoms with Crippen LogP contribution in [0.5, 0.6) is 5.75 Å². The lowest BCUT2D eigenvalue weighted by molar-refractivity contribution is 0.252. The van der Waals surface area contributed by atoms with Crippen LogP contribution in [0.1, 0.15) is 23.9 Å². The molecule has 29 heavy (non-hydrogen) atoms. The molecule has 1 aromatic heterocycles. The highest BCUT2D eigenvalue weighted by Gasteiger charge is 2.13. The lowest BCUT2D eigenvalue weighted by Gasteiger charge is -2.13. The van der Waals surface area contributed by atoms with E-state index in [1.165, 1.54) is 18.2 Å². The van der Waals surface area contributed by atoms with Gasteiger partial charge in [-0.25, -0.2) is 13.8 Å². The zero-order chi connectivity index (χ0) is 20.8. The van der Waals surface area contributed by atoms with Crippen LogP contribution in [0.15, 0.2) is 72.8 Å². The fraction of sp³-hybridized carbons (Fsp3) is 0.125. The summed E-state index contributed by atoms with van der Waals surface area (Å²) in [5.74, 6) is -0.733. The monoisotopic (exact) mass is 393 g/mol. The first kappa shape index (κ1) is 20.3. The molecule has 0 aliphatic carbocycles. The maximum Gasteiger partial charge on any atom is 0.145 e. The molecule has 3 nitrogen and oxygen atoms in total. The topological polar surface area (TPSA) is 42.4 Å². The number of rotatable bonds is 6. The van der Waals surface area contributed by atoms with E-state index < -0.39 is 11.6 Å². The minimum Gasteiger partial charge on any atom is -0.508 e. The average molecular weight is 393 g/mol. The van der Waals surface area contributed by atoms with Gasteiger partial charge in [0.25, 0.3) is 0 Å². The number of aromatic nitrogens is 1. The molecule has 0 aliphatic heterocycles. The predicted octanol–water partition coefficient (Wildman–Crippen LogP) is 6.17. The SMILES string of the molecule is C/C=C\C=C(\OCc1c(F)cccc1F)c1ccc(-c2cccc(O)c2)c(C)n1. The predicted molar refractivity (Wildman–Crippen MR) is 110 cm³/mol. The Labute approximate surface area is 168 Å². The van der Waals surface area contributed by atoms with E-state index >= 15 is 0 Å². The van der Waals surface area contributed by atoms with Crippen LogP contribution in [0.3, 0.4) is 0 Å². The molecule has 0 amide bonds. The summed E-state index contributed by atoms with van der Waals surface area (Å²) in [6.45, 7) is 3.46. The minimum atomic E-state index is -0.654.